The standard InChI is InChI=1S/C7H8ClN5S/c1-9-7-6(11-12-14-7)4-13-3-5(8)2-10-13/h2-3,9H,4H2,1H3. The molecule has 14 heavy (non-hydrogen) atoms. The van der Waals surface area contributed by atoms with Crippen molar-refractivity contribution in [3.05, 3.63) is 23.1 Å². The highest BCUT2D eigenvalue weighted by Gasteiger charge is 2.07. The summed E-state index contributed by atoms with van der Waals surface area (Å²) in [5.74, 6) is 0. The Bertz CT molecular complexity index is 423. The minimum absolute atomic E-state index is 0.583. The molecule has 0 unspecified atom stereocenters. The summed E-state index contributed by atoms with van der Waals surface area (Å²) in [5, 5.41) is 12.7. The molecule has 74 valence electrons. The molecule has 2 aromatic heterocycles. The van der Waals surface area contributed by atoms with Gasteiger partial charge in [0.1, 0.15) is 10.7 Å². The van der Waals surface area contributed by atoms with Gasteiger partial charge in [-0.25, -0.2) is 0 Å². The van der Waals surface area contributed by atoms with Crippen molar-refractivity contribution >= 4 is 28.1 Å². The van der Waals surface area contributed by atoms with Gasteiger partial charge in [0.05, 0.1) is 17.8 Å². The number of nitrogens with zero attached hydrogens (tertiary/aromatic N) is 4. The maximum absolute atomic E-state index is 5.74. The molecular formula is C7H8ClN5S. The first-order chi connectivity index (χ1) is 6.79. The van der Waals surface area contributed by atoms with Crippen LogP contribution in [-0.4, -0.2) is 26.4 Å². The van der Waals surface area contributed by atoms with Crippen LogP contribution < -0.4 is 5.32 Å². The zero-order valence-corrected chi connectivity index (χ0v) is 9.01. The highest BCUT2D eigenvalue weighted by atomic mass is 35.5. The molecule has 7 heteroatoms. The van der Waals surface area contributed by atoms with E-state index in [1.807, 2.05) is 7.05 Å². The van der Waals surface area contributed by atoms with Crippen molar-refractivity contribution in [1.82, 2.24) is 19.4 Å². The van der Waals surface area contributed by atoms with Gasteiger partial charge in [0.25, 0.3) is 0 Å². The van der Waals surface area contributed by atoms with E-state index in [4.69, 9.17) is 11.6 Å². The summed E-state index contributed by atoms with van der Waals surface area (Å²) >= 11 is 7.07. The fourth-order valence-electron chi connectivity index (χ4n) is 1.08. The molecule has 0 atom stereocenters. The van der Waals surface area contributed by atoms with Crippen LogP contribution in [0.25, 0.3) is 0 Å². The van der Waals surface area contributed by atoms with Crippen LogP contribution in [-0.2, 0) is 6.54 Å². The average Bonchev–Trinajstić information content (AvgIpc) is 2.76. The number of nitrogens with one attached hydrogen (secondary N) is 1. The molecule has 0 saturated heterocycles. The average molecular weight is 230 g/mol. The Morgan fingerprint density at radius 3 is 3.14 bits per heavy atom. The molecule has 0 saturated carbocycles. The van der Waals surface area contributed by atoms with Gasteiger partial charge in [-0.1, -0.05) is 16.1 Å². The van der Waals surface area contributed by atoms with Gasteiger partial charge < -0.3 is 5.32 Å². The highest BCUT2D eigenvalue weighted by Crippen LogP contribution is 2.17. The molecule has 1 N–H and O–H groups in total. The lowest BCUT2D eigenvalue weighted by Gasteiger charge is -1.99. The van der Waals surface area contributed by atoms with Crippen LogP contribution in [0, 0.1) is 0 Å². The molecule has 0 aliphatic carbocycles. The van der Waals surface area contributed by atoms with E-state index >= 15 is 0 Å². The van der Waals surface area contributed by atoms with Crippen LogP contribution in [0.3, 0.4) is 0 Å². The number of hydrogen-bond acceptors (Lipinski definition) is 5. The molecule has 0 bridgehead atoms. The molecule has 0 radical (unpaired) electrons. The van der Waals surface area contributed by atoms with E-state index in [0.717, 1.165) is 10.7 Å². The summed E-state index contributed by atoms with van der Waals surface area (Å²) < 4.78 is 5.57. The van der Waals surface area contributed by atoms with Crippen LogP contribution in [0.5, 0.6) is 0 Å². The molecule has 0 amide bonds. The van der Waals surface area contributed by atoms with E-state index < -0.39 is 0 Å². The third-order valence-corrected chi connectivity index (χ3v) is 2.68. The van der Waals surface area contributed by atoms with Crippen LogP contribution >= 0.6 is 23.1 Å². The van der Waals surface area contributed by atoms with E-state index in [0.29, 0.717) is 11.6 Å². The fourth-order valence-corrected chi connectivity index (χ4v) is 1.76. The van der Waals surface area contributed by atoms with Gasteiger partial charge in [0, 0.05) is 24.8 Å². The SMILES string of the molecule is CNc1snnc1Cn1cc(Cl)cn1. The van der Waals surface area contributed by atoms with Crippen LogP contribution in [0.15, 0.2) is 12.4 Å². The first-order valence-corrected chi connectivity index (χ1v) is 5.11. The van der Waals surface area contributed by atoms with Gasteiger partial charge in [0.15, 0.2) is 0 Å². The van der Waals surface area contributed by atoms with Crippen molar-refractivity contribution in [2.45, 2.75) is 6.54 Å². The Labute approximate surface area is 89.9 Å². The first-order valence-electron chi connectivity index (χ1n) is 3.96. The Hall–Kier alpha value is -1.14. The predicted molar refractivity (Wildman–Crippen MR) is 55.8 cm³/mol. The second-order valence-electron chi connectivity index (χ2n) is 2.65. The molecule has 0 spiro atoms. The van der Waals surface area contributed by atoms with Crippen molar-refractivity contribution in [3.63, 3.8) is 0 Å². The van der Waals surface area contributed by atoms with Crippen molar-refractivity contribution < 1.29 is 0 Å². The summed E-state index contributed by atoms with van der Waals surface area (Å²) in [7, 11) is 1.84. The third-order valence-electron chi connectivity index (χ3n) is 1.70. The van der Waals surface area contributed by atoms with Gasteiger partial charge in [-0.05, 0) is 0 Å². The molecule has 0 aromatic carbocycles. The van der Waals surface area contributed by atoms with Crippen molar-refractivity contribution in [2.24, 2.45) is 0 Å². The number of rotatable bonds is 3. The monoisotopic (exact) mass is 229 g/mol. The highest BCUT2D eigenvalue weighted by molar-refractivity contribution is 7.10. The topological polar surface area (TPSA) is 55.6 Å². The van der Waals surface area contributed by atoms with E-state index in [1.165, 1.54) is 11.5 Å². The Morgan fingerprint density at radius 2 is 2.50 bits per heavy atom. The summed E-state index contributed by atoms with van der Waals surface area (Å²) in [6.45, 7) is 0.583. The molecule has 5 nitrogen and oxygen atoms in total. The largest absolute Gasteiger partial charge is 0.377 e. The van der Waals surface area contributed by atoms with Crippen LogP contribution in [0.4, 0.5) is 5.00 Å². The number of halogens is 1. The molecule has 0 fully saturated rings. The Balaban J connectivity index is 2.18. The molecule has 2 aromatic rings. The number of aromatic nitrogens is 4. The summed E-state index contributed by atoms with van der Waals surface area (Å²) in [4.78, 5) is 0. The predicted octanol–water partition coefficient (Wildman–Crippen LogP) is 1.48. The Kier molecular flexibility index (Phi) is 2.64. The Morgan fingerprint density at radius 1 is 1.64 bits per heavy atom. The normalized spacial score (nSPS) is 10.4. The van der Waals surface area contributed by atoms with Crippen molar-refractivity contribution in [1.29, 1.82) is 0 Å². The number of anilines is 1. The van der Waals surface area contributed by atoms with E-state index in [1.54, 1.807) is 17.1 Å². The summed E-state index contributed by atoms with van der Waals surface area (Å²) in [5.41, 5.74) is 0.872. The van der Waals surface area contributed by atoms with E-state index in [9.17, 15) is 0 Å². The maximum atomic E-state index is 5.74. The first kappa shape index (κ1) is 9.42. The molecule has 0 aliphatic rings. The van der Waals surface area contributed by atoms with Gasteiger partial charge in [0.2, 0.25) is 0 Å². The zero-order valence-electron chi connectivity index (χ0n) is 7.44. The minimum Gasteiger partial charge on any atom is -0.377 e. The molecule has 2 heterocycles. The lowest BCUT2D eigenvalue weighted by molar-refractivity contribution is 0.671. The second kappa shape index (κ2) is 3.93. The summed E-state index contributed by atoms with van der Waals surface area (Å²) in [6.07, 6.45) is 3.35. The van der Waals surface area contributed by atoms with E-state index in [2.05, 4.69) is 20.0 Å². The maximum Gasteiger partial charge on any atom is 0.135 e. The van der Waals surface area contributed by atoms with Crippen LogP contribution in [0.1, 0.15) is 5.69 Å². The zero-order chi connectivity index (χ0) is 9.97. The second-order valence-corrected chi connectivity index (χ2v) is 3.85. The van der Waals surface area contributed by atoms with Gasteiger partial charge in [-0.15, -0.1) is 5.10 Å². The fraction of sp³-hybridized carbons (Fsp3) is 0.286. The number of hydrogen-bond donors (Lipinski definition) is 1. The minimum atomic E-state index is 0.583. The lowest BCUT2D eigenvalue weighted by Crippen LogP contribution is -2.02. The smallest absolute Gasteiger partial charge is 0.135 e. The van der Waals surface area contributed by atoms with Crippen LogP contribution in [0.2, 0.25) is 5.02 Å². The van der Waals surface area contributed by atoms with Crippen molar-refractivity contribution in [2.75, 3.05) is 12.4 Å². The van der Waals surface area contributed by atoms with Gasteiger partial charge >= 0.3 is 0 Å². The lowest BCUT2D eigenvalue weighted by atomic mass is 10.4. The van der Waals surface area contributed by atoms with Crippen molar-refractivity contribution in [3.8, 4) is 0 Å². The third kappa shape index (κ3) is 1.85. The van der Waals surface area contributed by atoms with Gasteiger partial charge in [-0.3, -0.25) is 4.68 Å². The molecule has 0 aliphatic heterocycles. The molecule has 2 rings (SSSR count). The quantitative estimate of drug-likeness (QED) is 0.866. The van der Waals surface area contributed by atoms with Gasteiger partial charge in [-0.2, -0.15) is 5.10 Å². The molecular weight excluding hydrogens is 222 g/mol. The van der Waals surface area contributed by atoms with E-state index in [-0.39, 0.29) is 0 Å². The summed E-state index contributed by atoms with van der Waals surface area (Å²) in [6, 6.07) is 0.